The molecule has 0 aliphatic heterocycles. The summed E-state index contributed by atoms with van der Waals surface area (Å²) in [5.41, 5.74) is 0.243. The quantitative estimate of drug-likeness (QED) is 0.674. The molecule has 1 aliphatic rings. The minimum atomic E-state index is -3.83. The van der Waals surface area contributed by atoms with E-state index in [4.69, 9.17) is 4.74 Å². The Hall–Kier alpha value is -2.45. The monoisotopic (exact) mass is 433 g/mol. The van der Waals surface area contributed by atoms with Gasteiger partial charge in [0, 0.05) is 29.8 Å². The van der Waals surface area contributed by atoms with E-state index in [-0.39, 0.29) is 34.7 Å². The van der Waals surface area contributed by atoms with E-state index >= 15 is 0 Å². The summed E-state index contributed by atoms with van der Waals surface area (Å²) in [5, 5.41) is 11.0. The molecule has 1 aromatic heterocycles. The highest BCUT2D eigenvalue weighted by Crippen LogP contribution is 2.43. The molecule has 8 heteroatoms. The zero-order valence-corrected chi connectivity index (χ0v) is 18.1. The van der Waals surface area contributed by atoms with Crippen molar-refractivity contribution in [2.45, 2.75) is 38.2 Å². The summed E-state index contributed by atoms with van der Waals surface area (Å²) >= 11 is 0. The second-order valence-corrected chi connectivity index (χ2v) is 9.70. The Balaban J connectivity index is 1.95. The minimum absolute atomic E-state index is 0.0732. The first kappa shape index (κ1) is 22.2. The molecule has 3 unspecified atom stereocenters. The van der Waals surface area contributed by atoms with Gasteiger partial charge in [-0.15, -0.1) is 0 Å². The highest BCUT2D eigenvalue weighted by molar-refractivity contribution is 7.90. The average Bonchev–Trinajstić information content (AvgIpc) is 3.30. The lowest BCUT2D eigenvalue weighted by Crippen LogP contribution is -2.36. The molecule has 0 spiro atoms. The van der Waals surface area contributed by atoms with E-state index in [1.54, 1.807) is 25.1 Å². The van der Waals surface area contributed by atoms with Crippen LogP contribution in [0.1, 0.15) is 38.9 Å². The second kappa shape index (κ2) is 8.73. The molecule has 1 N–H and O–H groups in total. The van der Waals surface area contributed by atoms with E-state index in [0.717, 1.165) is 3.97 Å². The van der Waals surface area contributed by atoms with Gasteiger partial charge in [0.15, 0.2) is 0 Å². The third-order valence-electron chi connectivity index (χ3n) is 5.79. The fourth-order valence-corrected chi connectivity index (χ4v) is 5.54. The van der Waals surface area contributed by atoms with Gasteiger partial charge < -0.3 is 9.84 Å². The summed E-state index contributed by atoms with van der Waals surface area (Å²) in [5.74, 6) is -2.78. The SMILES string of the molecule is CCOC(=O)C(C(O)c1ccn(S(=O)(=O)c2ccccc2)c1)C1C(=O)[C@@H](C)C[C@H]1C. The Morgan fingerprint density at radius 3 is 2.47 bits per heavy atom. The molecule has 3 rings (SSSR count). The van der Waals surface area contributed by atoms with Crippen LogP contribution in [0.25, 0.3) is 0 Å². The topological polar surface area (TPSA) is 103 Å². The normalized spacial score (nSPS) is 23.9. The number of nitrogens with zero attached hydrogens (tertiary/aromatic N) is 1. The van der Waals surface area contributed by atoms with E-state index in [2.05, 4.69) is 0 Å². The number of hydrogen-bond donors (Lipinski definition) is 1. The first-order valence-electron chi connectivity index (χ1n) is 10.1. The van der Waals surface area contributed by atoms with E-state index in [0.29, 0.717) is 6.42 Å². The Labute approximate surface area is 176 Å². The molecule has 5 atom stereocenters. The van der Waals surface area contributed by atoms with Crippen LogP contribution in [0.5, 0.6) is 0 Å². The van der Waals surface area contributed by atoms with Crippen LogP contribution in [0.2, 0.25) is 0 Å². The third kappa shape index (κ3) is 4.06. The number of carbonyl (C=O) groups is 2. The number of benzene rings is 1. The third-order valence-corrected chi connectivity index (χ3v) is 7.44. The summed E-state index contributed by atoms with van der Waals surface area (Å²) in [6.07, 6.45) is 1.88. The summed E-state index contributed by atoms with van der Waals surface area (Å²) in [7, 11) is -3.83. The van der Waals surface area contributed by atoms with Gasteiger partial charge in [0.2, 0.25) is 0 Å². The summed E-state index contributed by atoms with van der Waals surface area (Å²) in [4.78, 5) is 25.5. The van der Waals surface area contributed by atoms with Crippen molar-refractivity contribution in [2.24, 2.45) is 23.7 Å². The molecular formula is C22H27NO6S. The van der Waals surface area contributed by atoms with Gasteiger partial charge in [-0.25, -0.2) is 12.4 Å². The Bertz CT molecular complexity index is 1010. The van der Waals surface area contributed by atoms with E-state index in [1.807, 2.05) is 13.8 Å². The van der Waals surface area contributed by atoms with E-state index < -0.39 is 33.9 Å². The van der Waals surface area contributed by atoms with Gasteiger partial charge in [-0.05, 0) is 37.5 Å². The molecule has 0 saturated heterocycles. The van der Waals surface area contributed by atoms with Gasteiger partial charge in [-0.3, -0.25) is 9.59 Å². The smallest absolute Gasteiger partial charge is 0.312 e. The van der Waals surface area contributed by atoms with Crippen molar-refractivity contribution >= 4 is 21.8 Å². The number of aliphatic hydroxyl groups excluding tert-OH is 1. The predicted molar refractivity (Wildman–Crippen MR) is 110 cm³/mol. The van der Waals surface area contributed by atoms with Crippen LogP contribution in [0, 0.1) is 23.7 Å². The Morgan fingerprint density at radius 2 is 1.90 bits per heavy atom. The van der Waals surface area contributed by atoms with Crippen molar-refractivity contribution in [1.29, 1.82) is 0 Å². The van der Waals surface area contributed by atoms with Crippen LogP contribution in [0.15, 0.2) is 53.7 Å². The number of aliphatic hydroxyl groups is 1. The number of carbonyl (C=O) groups excluding carboxylic acids is 2. The van der Waals surface area contributed by atoms with Gasteiger partial charge in [0.05, 0.1) is 23.5 Å². The van der Waals surface area contributed by atoms with Crippen LogP contribution in [0.4, 0.5) is 0 Å². The van der Waals surface area contributed by atoms with Crippen molar-refractivity contribution in [3.63, 3.8) is 0 Å². The maximum atomic E-state index is 12.8. The maximum absolute atomic E-state index is 12.8. The van der Waals surface area contributed by atoms with Crippen molar-refractivity contribution in [2.75, 3.05) is 6.61 Å². The lowest BCUT2D eigenvalue weighted by atomic mass is 9.79. The van der Waals surface area contributed by atoms with Gasteiger partial charge in [-0.2, -0.15) is 0 Å². The number of rotatable bonds is 7. The Morgan fingerprint density at radius 1 is 1.23 bits per heavy atom. The number of ether oxygens (including phenoxy) is 1. The number of hydrogen-bond acceptors (Lipinski definition) is 6. The van der Waals surface area contributed by atoms with Crippen LogP contribution < -0.4 is 0 Å². The highest BCUT2D eigenvalue weighted by atomic mass is 32.2. The van der Waals surface area contributed by atoms with Crippen LogP contribution in [-0.4, -0.2) is 35.9 Å². The largest absolute Gasteiger partial charge is 0.466 e. The van der Waals surface area contributed by atoms with Gasteiger partial charge in [0.25, 0.3) is 10.0 Å². The van der Waals surface area contributed by atoms with Crippen LogP contribution >= 0.6 is 0 Å². The zero-order chi connectivity index (χ0) is 22.1. The average molecular weight is 434 g/mol. The molecular weight excluding hydrogens is 406 g/mol. The molecule has 2 aromatic rings. The van der Waals surface area contributed by atoms with E-state index in [9.17, 15) is 23.1 Å². The molecule has 0 bridgehead atoms. The molecule has 7 nitrogen and oxygen atoms in total. The van der Waals surface area contributed by atoms with Gasteiger partial charge >= 0.3 is 5.97 Å². The summed E-state index contributed by atoms with van der Waals surface area (Å²) in [6, 6.07) is 9.37. The van der Waals surface area contributed by atoms with Crippen LogP contribution in [-0.2, 0) is 24.3 Å². The molecule has 1 saturated carbocycles. The molecule has 162 valence electrons. The maximum Gasteiger partial charge on any atom is 0.312 e. The first-order chi connectivity index (χ1) is 14.2. The molecule has 30 heavy (non-hydrogen) atoms. The molecule has 1 fully saturated rings. The number of Topliss-reactive ketones (excluding diaryl/α,β-unsaturated/α-hetero) is 1. The van der Waals surface area contributed by atoms with Gasteiger partial charge in [0.1, 0.15) is 5.78 Å². The highest BCUT2D eigenvalue weighted by Gasteiger charge is 2.48. The number of esters is 1. The summed E-state index contributed by atoms with van der Waals surface area (Å²) in [6.45, 7) is 5.48. The zero-order valence-electron chi connectivity index (χ0n) is 17.3. The van der Waals surface area contributed by atoms with Crippen molar-refractivity contribution in [3.05, 3.63) is 54.4 Å². The van der Waals surface area contributed by atoms with Crippen LogP contribution in [0.3, 0.4) is 0 Å². The standard InChI is InChI=1S/C22H27NO6S/c1-4-29-22(26)19(18-14(2)12-15(3)20(18)24)21(25)16-10-11-23(13-16)30(27,28)17-8-6-5-7-9-17/h5-11,13-15,18-19,21,25H,4,12H2,1-3H3/t14-,15+,18?,19?,21?/m1/s1. The first-order valence-corrected chi connectivity index (χ1v) is 11.5. The molecule has 0 amide bonds. The van der Waals surface area contributed by atoms with Crippen molar-refractivity contribution < 1.29 is 27.9 Å². The molecule has 1 aliphatic carbocycles. The molecule has 1 aromatic carbocycles. The van der Waals surface area contributed by atoms with Crippen molar-refractivity contribution in [1.82, 2.24) is 3.97 Å². The lowest BCUT2D eigenvalue weighted by molar-refractivity contribution is -0.158. The second-order valence-electron chi connectivity index (χ2n) is 7.86. The fourth-order valence-electron chi connectivity index (χ4n) is 4.31. The number of aromatic nitrogens is 1. The van der Waals surface area contributed by atoms with E-state index in [1.165, 1.54) is 30.6 Å². The van der Waals surface area contributed by atoms with Crippen molar-refractivity contribution in [3.8, 4) is 0 Å². The number of ketones is 1. The molecule has 1 heterocycles. The Kier molecular flexibility index (Phi) is 6.47. The minimum Gasteiger partial charge on any atom is -0.466 e. The fraction of sp³-hybridized carbons (Fsp3) is 0.455. The molecule has 0 radical (unpaired) electrons. The van der Waals surface area contributed by atoms with Gasteiger partial charge in [-0.1, -0.05) is 32.0 Å². The summed E-state index contributed by atoms with van der Waals surface area (Å²) < 4.78 is 31.8. The lowest BCUT2D eigenvalue weighted by Gasteiger charge is -2.28. The predicted octanol–water partition coefficient (Wildman–Crippen LogP) is 2.80.